The van der Waals surface area contributed by atoms with E-state index in [1.807, 2.05) is 0 Å². The Bertz CT molecular complexity index is 3130. The maximum atomic E-state index is 2.45. The summed E-state index contributed by atoms with van der Waals surface area (Å²) in [5.41, 5.74) is 14.5. The lowest BCUT2D eigenvalue weighted by molar-refractivity contribution is 0.667. The van der Waals surface area contributed by atoms with Gasteiger partial charge in [0, 0.05) is 39.5 Å². The van der Waals surface area contributed by atoms with Gasteiger partial charge in [-0.15, -0.1) is 0 Å². The summed E-state index contributed by atoms with van der Waals surface area (Å²) in [5, 5.41) is 7.64. The van der Waals surface area contributed by atoms with E-state index in [2.05, 4.69) is 242 Å². The van der Waals surface area contributed by atoms with Crippen LogP contribution in [0.15, 0.2) is 218 Å². The molecule has 0 saturated heterocycles. The molecule has 2 heteroatoms. The number of benzene rings is 10. The molecule has 0 bridgehead atoms. The fourth-order valence-corrected chi connectivity index (χ4v) is 9.58. The second-order valence-electron chi connectivity index (χ2n) is 16.2. The minimum absolute atomic E-state index is 0.219. The van der Waals surface area contributed by atoms with Crippen molar-refractivity contribution in [1.29, 1.82) is 0 Å². The van der Waals surface area contributed by atoms with Crippen LogP contribution in [0, 0.1) is 0 Å². The summed E-state index contributed by atoms with van der Waals surface area (Å²) in [6.07, 6.45) is 0. The SMILES string of the molecule is CC1(C)c2cc(-c3ccc(N(c4ccccc4)c4ccc5ccccc5c4)cc3)ccc2-c2c1c1ccc(N(c3ccccc3)c3ccccc3)cc1c1ccccc21. The quantitative estimate of drug-likeness (QED) is 0.150. The molecule has 0 saturated carbocycles. The molecular formula is C57H42N2. The second kappa shape index (κ2) is 13.9. The highest BCUT2D eigenvalue weighted by atomic mass is 15.1. The molecule has 0 heterocycles. The normalized spacial score (nSPS) is 12.7. The van der Waals surface area contributed by atoms with Crippen LogP contribution in [0.25, 0.3) is 54.6 Å². The number of anilines is 6. The summed E-state index contributed by atoms with van der Waals surface area (Å²) in [7, 11) is 0. The Morgan fingerprint density at radius 2 is 0.814 bits per heavy atom. The first-order chi connectivity index (χ1) is 29.0. The lowest BCUT2D eigenvalue weighted by Gasteiger charge is -2.28. The molecule has 0 N–H and O–H groups in total. The van der Waals surface area contributed by atoms with E-state index in [1.165, 1.54) is 65.7 Å². The summed E-state index contributed by atoms with van der Waals surface area (Å²) in [6.45, 7) is 4.82. The van der Waals surface area contributed by atoms with Crippen LogP contribution in [0.4, 0.5) is 34.1 Å². The molecule has 1 aliphatic rings. The molecule has 10 aromatic rings. The van der Waals surface area contributed by atoms with Crippen molar-refractivity contribution in [2.24, 2.45) is 0 Å². The molecule has 280 valence electrons. The first-order valence-electron chi connectivity index (χ1n) is 20.5. The van der Waals surface area contributed by atoms with Crippen molar-refractivity contribution in [1.82, 2.24) is 0 Å². The third kappa shape index (κ3) is 5.79. The summed E-state index contributed by atoms with van der Waals surface area (Å²) in [5.74, 6) is 0. The summed E-state index contributed by atoms with van der Waals surface area (Å²) in [6, 6.07) is 79.6. The first kappa shape index (κ1) is 34.8. The van der Waals surface area contributed by atoms with Crippen LogP contribution in [0.3, 0.4) is 0 Å². The van der Waals surface area contributed by atoms with E-state index >= 15 is 0 Å². The highest BCUT2D eigenvalue weighted by molar-refractivity contribution is 6.19. The van der Waals surface area contributed by atoms with Gasteiger partial charge in [0.2, 0.25) is 0 Å². The Balaban J connectivity index is 1.01. The Morgan fingerprint density at radius 1 is 0.322 bits per heavy atom. The third-order valence-corrected chi connectivity index (χ3v) is 12.3. The Morgan fingerprint density at radius 3 is 1.46 bits per heavy atom. The highest BCUT2D eigenvalue weighted by Crippen LogP contribution is 2.56. The first-order valence-corrected chi connectivity index (χ1v) is 20.5. The molecule has 0 spiro atoms. The van der Waals surface area contributed by atoms with Gasteiger partial charge in [0.05, 0.1) is 0 Å². The number of hydrogen-bond donors (Lipinski definition) is 0. The molecule has 2 nitrogen and oxygen atoms in total. The Kier molecular flexibility index (Phi) is 8.20. The number of hydrogen-bond acceptors (Lipinski definition) is 2. The van der Waals surface area contributed by atoms with Crippen molar-refractivity contribution in [3.05, 3.63) is 230 Å². The molecule has 59 heavy (non-hydrogen) atoms. The molecule has 1 aliphatic carbocycles. The highest BCUT2D eigenvalue weighted by Gasteiger charge is 2.39. The van der Waals surface area contributed by atoms with E-state index < -0.39 is 0 Å². The number of rotatable bonds is 7. The number of para-hydroxylation sites is 3. The fraction of sp³-hybridized carbons (Fsp3) is 0.0526. The predicted molar refractivity (Wildman–Crippen MR) is 251 cm³/mol. The molecule has 11 rings (SSSR count). The monoisotopic (exact) mass is 754 g/mol. The zero-order valence-corrected chi connectivity index (χ0v) is 33.2. The zero-order valence-electron chi connectivity index (χ0n) is 33.2. The van der Waals surface area contributed by atoms with E-state index in [0.717, 1.165) is 34.1 Å². The summed E-state index contributed by atoms with van der Waals surface area (Å²) < 4.78 is 0. The zero-order chi connectivity index (χ0) is 39.5. The van der Waals surface area contributed by atoms with Gasteiger partial charge >= 0.3 is 0 Å². The topological polar surface area (TPSA) is 6.48 Å². The van der Waals surface area contributed by atoms with Crippen LogP contribution in [0.5, 0.6) is 0 Å². The fourth-order valence-electron chi connectivity index (χ4n) is 9.58. The predicted octanol–water partition coefficient (Wildman–Crippen LogP) is 16.1. The van der Waals surface area contributed by atoms with Crippen molar-refractivity contribution in [3.8, 4) is 22.3 Å². The van der Waals surface area contributed by atoms with Gasteiger partial charge in [-0.05, 0) is 145 Å². The average molecular weight is 755 g/mol. The van der Waals surface area contributed by atoms with Gasteiger partial charge in [0.1, 0.15) is 0 Å². The molecule has 0 atom stereocenters. The minimum atomic E-state index is -0.219. The van der Waals surface area contributed by atoms with E-state index in [-0.39, 0.29) is 5.41 Å². The molecule has 0 fully saturated rings. The van der Waals surface area contributed by atoms with E-state index in [4.69, 9.17) is 0 Å². The van der Waals surface area contributed by atoms with Crippen LogP contribution >= 0.6 is 0 Å². The third-order valence-electron chi connectivity index (χ3n) is 12.3. The molecular weight excluding hydrogens is 713 g/mol. The largest absolute Gasteiger partial charge is 0.310 e. The van der Waals surface area contributed by atoms with Gasteiger partial charge in [-0.1, -0.05) is 153 Å². The van der Waals surface area contributed by atoms with Crippen molar-refractivity contribution in [2.75, 3.05) is 9.80 Å². The van der Waals surface area contributed by atoms with Crippen molar-refractivity contribution < 1.29 is 0 Å². The minimum Gasteiger partial charge on any atom is -0.310 e. The standard InChI is InChI=1S/C57H42N2/c1-57(2)54-37-42(40-26-30-46(31-27-40)59(45-22-10-5-11-23-45)47-32-28-39-16-12-13-17-41(39)36-47)29-34-52(54)55-50-25-15-14-24-49(50)53-38-48(33-35-51(53)56(55)57)58(43-18-6-3-7-19-43)44-20-8-4-9-21-44/h3-38H,1-2H3. The van der Waals surface area contributed by atoms with Gasteiger partial charge in [0.15, 0.2) is 0 Å². The smallest absolute Gasteiger partial charge is 0.0468 e. The lowest BCUT2D eigenvalue weighted by Crippen LogP contribution is -2.16. The van der Waals surface area contributed by atoms with Gasteiger partial charge < -0.3 is 9.80 Å². The van der Waals surface area contributed by atoms with Crippen LogP contribution in [0.1, 0.15) is 25.0 Å². The molecule has 0 radical (unpaired) electrons. The maximum absolute atomic E-state index is 2.45. The molecule has 0 aliphatic heterocycles. The van der Waals surface area contributed by atoms with Gasteiger partial charge in [-0.25, -0.2) is 0 Å². The lowest BCUT2D eigenvalue weighted by atomic mass is 9.78. The summed E-state index contributed by atoms with van der Waals surface area (Å²) in [4.78, 5) is 4.71. The molecule has 10 aromatic carbocycles. The van der Waals surface area contributed by atoms with Gasteiger partial charge in [0.25, 0.3) is 0 Å². The van der Waals surface area contributed by atoms with E-state index in [9.17, 15) is 0 Å². The van der Waals surface area contributed by atoms with Crippen LogP contribution < -0.4 is 9.80 Å². The average Bonchev–Trinajstić information content (AvgIpc) is 3.54. The second-order valence-corrected chi connectivity index (χ2v) is 16.2. The number of fused-ring (bicyclic) bond motifs is 9. The Labute approximate surface area is 345 Å². The summed E-state index contributed by atoms with van der Waals surface area (Å²) >= 11 is 0. The van der Waals surface area contributed by atoms with Crippen molar-refractivity contribution in [2.45, 2.75) is 19.3 Å². The molecule has 0 amide bonds. The van der Waals surface area contributed by atoms with Gasteiger partial charge in [-0.2, -0.15) is 0 Å². The van der Waals surface area contributed by atoms with Crippen molar-refractivity contribution in [3.63, 3.8) is 0 Å². The van der Waals surface area contributed by atoms with Crippen LogP contribution in [-0.4, -0.2) is 0 Å². The maximum Gasteiger partial charge on any atom is 0.0468 e. The van der Waals surface area contributed by atoms with Crippen LogP contribution in [-0.2, 0) is 5.41 Å². The van der Waals surface area contributed by atoms with E-state index in [0.29, 0.717) is 0 Å². The van der Waals surface area contributed by atoms with Crippen LogP contribution in [0.2, 0.25) is 0 Å². The molecule has 0 aromatic heterocycles. The van der Waals surface area contributed by atoms with E-state index in [1.54, 1.807) is 0 Å². The Hall–Kier alpha value is -7.42. The number of nitrogens with zero attached hydrogens (tertiary/aromatic N) is 2. The van der Waals surface area contributed by atoms with Crippen molar-refractivity contribution >= 4 is 66.4 Å². The van der Waals surface area contributed by atoms with Gasteiger partial charge in [-0.3, -0.25) is 0 Å². The molecule has 0 unspecified atom stereocenters.